The molecule has 154 valence electrons. The molecule has 0 aliphatic carbocycles. The molecule has 2 aromatic rings. The van der Waals surface area contributed by atoms with Crippen LogP contribution in [0, 0.1) is 0 Å². The normalized spacial score (nSPS) is 14.0. The summed E-state index contributed by atoms with van der Waals surface area (Å²) in [5.74, 6) is -1.09. The zero-order chi connectivity index (χ0) is 20.8. The molecule has 0 spiro atoms. The summed E-state index contributed by atoms with van der Waals surface area (Å²) in [4.78, 5) is 28.1. The van der Waals surface area contributed by atoms with Crippen molar-refractivity contribution in [2.24, 2.45) is 0 Å². The van der Waals surface area contributed by atoms with Crippen LogP contribution in [0.3, 0.4) is 0 Å². The van der Waals surface area contributed by atoms with E-state index in [1.54, 1.807) is 18.2 Å². The monoisotopic (exact) mass is 415 g/mol. The van der Waals surface area contributed by atoms with E-state index >= 15 is 0 Å². The van der Waals surface area contributed by atoms with E-state index in [1.165, 1.54) is 0 Å². The number of carbonyl (C=O) groups excluding carboxylic acids is 1. The Labute approximate surface area is 176 Å². The van der Waals surface area contributed by atoms with Gasteiger partial charge in [0.1, 0.15) is 0 Å². The Balaban J connectivity index is 1.69. The van der Waals surface area contributed by atoms with E-state index in [1.807, 2.05) is 31.2 Å². The molecule has 0 atom stereocenters. The molecule has 0 radical (unpaired) electrons. The average molecular weight is 416 g/mol. The van der Waals surface area contributed by atoms with Crippen LogP contribution in [0.25, 0.3) is 0 Å². The first-order valence-electron chi connectivity index (χ1n) is 9.90. The fourth-order valence-corrected chi connectivity index (χ4v) is 3.61. The fourth-order valence-electron chi connectivity index (χ4n) is 3.48. The molecular formula is C22H26ClN3O3. The third-order valence-electron chi connectivity index (χ3n) is 5.08. The number of unbranched alkanes of at least 4 members (excludes halogenated alkanes) is 1. The van der Waals surface area contributed by atoms with Crippen LogP contribution in [0.15, 0.2) is 42.5 Å². The molecule has 0 bridgehead atoms. The van der Waals surface area contributed by atoms with E-state index in [9.17, 15) is 14.7 Å². The van der Waals surface area contributed by atoms with Crippen LogP contribution in [0.2, 0.25) is 5.02 Å². The van der Waals surface area contributed by atoms with Crippen molar-refractivity contribution in [3.8, 4) is 0 Å². The number of nitrogens with one attached hydrogen (secondary N) is 1. The van der Waals surface area contributed by atoms with Gasteiger partial charge in [-0.1, -0.05) is 24.9 Å². The summed E-state index contributed by atoms with van der Waals surface area (Å²) >= 11 is 5.96. The number of aromatic carboxylic acids is 1. The zero-order valence-electron chi connectivity index (χ0n) is 16.5. The second-order valence-electron chi connectivity index (χ2n) is 7.14. The molecule has 6 nitrogen and oxygen atoms in total. The third kappa shape index (κ3) is 5.41. The minimum atomic E-state index is -0.996. The van der Waals surface area contributed by atoms with Crippen molar-refractivity contribution in [3.63, 3.8) is 0 Å². The largest absolute Gasteiger partial charge is 0.478 e. The number of amides is 1. The minimum Gasteiger partial charge on any atom is -0.478 e. The summed E-state index contributed by atoms with van der Waals surface area (Å²) in [5.41, 5.74) is 2.52. The van der Waals surface area contributed by atoms with E-state index < -0.39 is 5.97 Å². The molecule has 3 rings (SSSR count). The first kappa shape index (κ1) is 21.0. The number of hydrogen-bond donors (Lipinski definition) is 2. The van der Waals surface area contributed by atoms with Crippen molar-refractivity contribution in [1.82, 2.24) is 0 Å². The second kappa shape index (κ2) is 9.65. The highest BCUT2D eigenvalue weighted by molar-refractivity contribution is 6.30. The number of piperazine rings is 1. The highest BCUT2D eigenvalue weighted by Crippen LogP contribution is 2.27. The number of carboxylic acids is 1. The average Bonchev–Trinajstić information content (AvgIpc) is 2.73. The molecule has 1 heterocycles. The number of rotatable bonds is 7. The van der Waals surface area contributed by atoms with E-state index in [4.69, 9.17) is 11.6 Å². The van der Waals surface area contributed by atoms with Gasteiger partial charge in [0.25, 0.3) is 0 Å². The molecule has 0 saturated carbocycles. The number of halogens is 1. The van der Waals surface area contributed by atoms with Gasteiger partial charge in [-0.15, -0.1) is 0 Å². The molecule has 1 aliphatic rings. The van der Waals surface area contributed by atoms with Gasteiger partial charge in [0, 0.05) is 49.0 Å². The maximum atomic E-state index is 11.9. The number of anilines is 3. The van der Waals surface area contributed by atoms with Crippen molar-refractivity contribution >= 4 is 40.5 Å². The van der Waals surface area contributed by atoms with Crippen LogP contribution in [-0.2, 0) is 4.79 Å². The Bertz CT molecular complexity index is 862. The van der Waals surface area contributed by atoms with Crippen LogP contribution >= 0.6 is 11.6 Å². The predicted octanol–water partition coefficient (Wildman–Crippen LogP) is 4.49. The van der Waals surface area contributed by atoms with E-state index in [-0.39, 0.29) is 11.5 Å². The van der Waals surface area contributed by atoms with E-state index in [2.05, 4.69) is 15.1 Å². The quantitative estimate of drug-likeness (QED) is 0.696. The Morgan fingerprint density at radius 1 is 1.03 bits per heavy atom. The molecule has 0 unspecified atom stereocenters. The highest BCUT2D eigenvalue weighted by Gasteiger charge is 2.22. The fraction of sp³-hybridized carbons (Fsp3) is 0.364. The summed E-state index contributed by atoms with van der Waals surface area (Å²) < 4.78 is 0. The molecule has 1 amide bonds. The molecule has 0 aromatic heterocycles. The molecule has 1 fully saturated rings. The summed E-state index contributed by atoms with van der Waals surface area (Å²) in [7, 11) is 0. The van der Waals surface area contributed by atoms with Crippen molar-refractivity contribution in [2.75, 3.05) is 41.3 Å². The third-order valence-corrected chi connectivity index (χ3v) is 5.33. The van der Waals surface area contributed by atoms with Gasteiger partial charge in [-0.2, -0.15) is 0 Å². The number of hydrogen-bond acceptors (Lipinski definition) is 4. The molecule has 1 saturated heterocycles. The molecule has 1 aliphatic heterocycles. The van der Waals surface area contributed by atoms with Crippen LogP contribution in [0.1, 0.15) is 36.5 Å². The standard InChI is InChI=1S/C22H26ClN3O3/c1-2-3-4-21(27)24-17-7-10-20(19(15-17)22(28)29)26-13-11-25(12-14-26)18-8-5-16(23)6-9-18/h5-10,15H,2-4,11-14H2,1H3,(H,24,27)(H,28,29). The van der Waals surface area contributed by atoms with Crippen LogP contribution in [0.5, 0.6) is 0 Å². The maximum absolute atomic E-state index is 11.9. The Kier molecular flexibility index (Phi) is 6.99. The zero-order valence-corrected chi connectivity index (χ0v) is 17.3. The lowest BCUT2D eigenvalue weighted by Crippen LogP contribution is -2.47. The highest BCUT2D eigenvalue weighted by atomic mass is 35.5. The van der Waals surface area contributed by atoms with Crippen molar-refractivity contribution in [3.05, 3.63) is 53.1 Å². The van der Waals surface area contributed by atoms with Gasteiger partial charge >= 0.3 is 5.97 Å². The lowest BCUT2D eigenvalue weighted by atomic mass is 10.1. The van der Waals surface area contributed by atoms with Gasteiger partial charge in [-0.3, -0.25) is 4.79 Å². The van der Waals surface area contributed by atoms with Gasteiger partial charge in [0.2, 0.25) is 5.91 Å². The summed E-state index contributed by atoms with van der Waals surface area (Å²) in [6, 6.07) is 12.9. The first-order valence-corrected chi connectivity index (χ1v) is 10.3. The van der Waals surface area contributed by atoms with Gasteiger partial charge in [-0.05, 0) is 48.9 Å². The smallest absolute Gasteiger partial charge is 0.337 e. The predicted molar refractivity (Wildman–Crippen MR) is 117 cm³/mol. The Hall–Kier alpha value is -2.73. The topological polar surface area (TPSA) is 72.9 Å². The summed E-state index contributed by atoms with van der Waals surface area (Å²) in [6.07, 6.45) is 2.19. The number of nitrogens with zero attached hydrogens (tertiary/aromatic N) is 2. The van der Waals surface area contributed by atoms with Gasteiger partial charge in [-0.25, -0.2) is 4.79 Å². The van der Waals surface area contributed by atoms with Gasteiger partial charge in [0.05, 0.1) is 11.3 Å². The van der Waals surface area contributed by atoms with Crippen molar-refractivity contribution in [2.45, 2.75) is 26.2 Å². The van der Waals surface area contributed by atoms with Gasteiger partial charge in [0.15, 0.2) is 0 Å². The molecule has 2 N–H and O–H groups in total. The number of carboxylic acid groups (broad SMARTS) is 1. The Morgan fingerprint density at radius 2 is 1.69 bits per heavy atom. The van der Waals surface area contributed by atoms with Crippen LogP contribution in [0.4, 0.5) is 17.1 Å². The SMILES string of the molecule is CCCCC(=O)Nc1ccc(N2CCN(c3ccc(Cl)cc3)CC2)c(C(=O)O)c1. The van der Waals surface area contributed by atoms with Crippen LogP contribution < -0.4 is 15.1 Å². The molecule has 29 heavy (non-hydrogen) atoms. The van der Waals surface area contributed by atoms with Gasteiger partial charge < -0.3 is 20.2 Å². The summed E-state index contributed by atoms with van der Waals surface area (Å²) in [6.45, 7) is 5.03. The Morgan fingerprint density at radius 3 is 2.31 bits per heavy atom. The molecule has 7 heteroatoms. The maximum Gasteiger partial charge on any atom is 0.337 e. The van der Waals surface area contributed by atoms with E-state index in [0.717, 1.165) is 31.6 Å². The second-order valence-corrected chi connectivity index (χ2v) is 7.58. The molecular weight excluding hydrogens is 390 g/mol. The molecule has 2 aromatic carbocycles. The van der Waals surface area contributed by atoms with Crippen molar-refractivity contribution in [1.29, 1.82) is 0 Å². The lowest BCUT2D eigenvalue weighted by Gasteiger charge is -2.38. The minimum absolute atomic E-state index is 0.0903. The summed E-state index contributed by atoms with van der Waals surface area (Å²) in [5, 5.41) is 13.2. The van der Waals surface area contributed by atoms with Crippen LogP contribution in [-0.4, -0.2) is 43.2 Å². The number of benzene rings is 2. The van der Waals surface area contributed by atoms with E-state index in [0.29, 0.717) is 35.9 Å². The first-order chi connectivity index (χ1) is 14.0. The lowest BCUT2D eigenvalue weighted by molar-refractivity contribution is -0.116. The van der Waals surface area contributed by atoms with Crippen molar-refractivity contribution < 1.29 is 14.7 Å². The number of carbonyl (C=O) groups is 2.